The average molecular weight is 435 g/mol. The maximum absolute atomic E-state index is 12.2. The smallest absolute Gasteiger partial charge is 0.222 e. The van der Waals surface area contributed by atoms with Crippen LogP contribution in [0.2, 0.25) is 0 Å². The number of hydrogen-bond donors (Lipinski definition) is 2. The summed E-state index contributed by atoms with van der Waals surface area (Å²) in [5.41, 5.74) is 1.40. The van der Waals surface area contributed by atoms with Gasteiger partial charge in [-0.3, -0.25) is 9.79 Å². The molecule has 0 radical (unpaired) electrons. The lowest BCUT2D eigenvalue weighted by Crippen LogP contribution is -2.48. The van der Waals surface area contributed by atoms with E-state index in [1.54, 1.807) is 0 Å². The van der Waals surface area contributed by atoms with Crippen molar-refractivity contribution in [3.05, 3.63) is 35.9 Å². The van der Waals surface area contributed by atoms with Crippen LogP contribution in [-0.4, -0.2) is 68.9 Å². The third kappa shape index (κ3) is 6.20. The van der Waals surface area contributed by atoms with Gasteiger partial charge in [0, 0.05) is 32.1 Å². The van der Waals surface area contributed by atoms with E-state index in [9.17, 15) is 13.2 Å². The monoisotopic (exact) mass is 434 g/mol. The Balaban J connectivity index is 1.51. The molecule has 7 nitrogen and oxygen atoms in total. The van der Waals surface area contributed by atoms with Crippen molar-refractivity contribution in [2.24, 2.45) is 10.9 Å². The van der Waals surface area contributed by atoms with Gasteiger partial charge in [0.1, 0.15) is 0 Å². The number of guanidine groups is 1. The highest BCUT2D eigenvalue weighted by molar-refractivity contribution is 7.91. The van der Waals surface area contributed by atoms with E-state index in [1.165, 1.54) is 5.56 Å². The van der Waals surface area contributed by atoms with Gasteiger partial charge in [-0.15, -0.1) is 0 Å². The maximum Gasteiger partial charge on any atom is 0.222 e. The zero-order chi connectivity index (χ0) is 21.6. The summed E-state index contributed by atoms with van der Waals surface area (Å²) in [4.78, 5) is 19.1. The van der Waals surface area contributed by atoms with Crippen LogP contribution in [0, 0.1) is 5.92 Å². The molecule has 1 aromatic carbocycles. The van der Waals surface area contributed by atoms with E-state index >= 15 is 0 Å². The summed E-state index contributed by atoms with van der Waals surface area (Å²) in [6.45, 7) is 7.36. The molecule has 0 bridgehead atoms. The van der Waals surface area contributed by atoms with Gasteiger partial charge >= 0.3 is 0 Å². The topological polar surface area (TPSA) is 90.9 Å². The highest BCUT2D eigenvalue weighted by atomic mass is 32.2. The van der Waals surface area contributed by atoms with Crippen LogP contribution in [-0.2, 0) is 14.6 Å². The molecule has 0 aliphatic carbocycles. The van der Waals surface area contributed by atoms with Crippen LogP contribution in [0.15, 0.2) is 35.3 Å². The molecule has 8 heteroatoms. The van der Waals surface area contributed by atoms with Gasteiger partial charge in [-0.2, -0.15) is 0 Å². The Hall–Kier alpha value is -2.09. The molecule has 1 aromatic rings. The quantitative estimate of drug-likeness (QED) is 0.526. The zero-order valence-electron chi connectivity index (χ0n) is 18.0. The first kappa shape index (κ1) is 22.6. The van der Waals surface area contributed by atoms with Crippen molar-refractivity contribution in [1.29, 1.82) is 0 Å². The Morgan fingerprint density at radius 1 is 1.23 bits per heavy atom. The van der Waals surface area contributed by atoms with Crippen LogP contribution in [0.4, 0.5) is 0 Å². The second-order valence-electron chi connectivity index (χ2n) is 8.38. The Labute approximate surface area is 180 Å². The number of rotatable bonds is 6. The molecular formula is C22H34N4O3S. The highest BCUT2D eigenvalue weighted by Crippen LogP contribution is 2.32. The van der Waals surface area contributed by atoms with Crippen LogP contribution in [0.25, 0.3) is 0 Å². The van der Waals surface area contributed by atoms with E-state index < -0.39 is 9.84 Å². The molecule has 3 atom stereocenters. The number of carbonyl (C=O) groups excluding carboxylic acids is 1. The lowest BCUT2D eigenvalue weighted by molar-refractivity contribution is -0.121. The number of amides is 1. The molecule has 3 rings (SSSR count). The predicted octanol–water partition coefficient (Wildman–Crippen LogP) is 1.77. The Kier molecular flexibility index (Phi) is 7.75. The molecule has 3 unspecified atom stereocenters. The fourth-order valence-electron chi connectivity index (χ4n) is 4.43. The van der Waals surface area contributed by atoms with Gasteiger partial charge in [0.25, 0.3) is 0 Å². The third-order valence-corrected chi connectivity index (χ3v) is 7.73. The molecule has 2 N–H and O–H groups in total. The number of hydrogen-bond acceptors (Lipinski definition) is 4. The number of carbonyl (C=O) groups is 1. The van der Waals surface area contributed by atoms with E-state index in [2.05, 4.69) is 57.8 Å². The van der Waals surface area contributed by atoms with Crippen molar-refractivity contribution in [1.82, 2.24) is 15.5 Å². The number of sulfone groups is 1. The summed E-state index contributed by atoms with van der Waals surface area (Å²) in [6.07, 6.45) is 1.85. The SMILES string of the molecule is CCNC(=NCCC(=O)NC1CCS(=O)(=O)C1)N1CCC(c2ccccc2)C(C)C1. The molecule has 2 aliphatic heterocycles. The van der Waals surface area contributed by atoms with Gasteiger partial charge in [-0.1, -0.05) is 37.3 Å². The molecule has 0 aromatic heterocycles. The van der Waals surface area contributed by atoms with E-state index in [4.69, 9.17) is 0 Å². The van der Waals surface area contributed by atoms with E-state index in [1.807, 2.05) is 6.92 Å². The number of piperidine rings is 1. The minimum absolute atomic E-state index is 0.0545. The first-order chi connectivity index (χ1) is 14.4. The summed E-state index contributed by atoms with van der Waals surface area (Å²) in [6, 6.07) is 10.4. The summed E-state index contributed by atoms with van der Waals surface area (Å²) >= 11 is 0. The average Bonchev–Trinajstić information content (AvgIpc) is 3.06. The molecular weight excluding hydrogens is 400 g/mol. The van der Waals surface area contributed by atoms with Gasteiger partial charge in [-0.05, 0) is 37.2 Å². The van der Waals surface area contributed by atoms with Crippen LogP contribution in [0.5, 0.6) is 0 Å². The lowest BCUT2D eigenvalue weighted by Gasteiger charge is -2.39. The fourth-order valence-corrected chi connectivity index (χ4v) is 6.10. The molecule has 2 saturated heterocycles. The second kappa shape index (κ2) is 10.3. The van der Waals surface area contributed by atoms with E-state index in [0.29, 0.717) is 24.8 Å². The molecule has 30 heavy (non-hydrogen) atoms. The summed E-state index contributed by atoms with van der Waals surface area (Å²) in [5, 5.41) is 6.18. The lowest BCUT2D eigenvalue weighted by atomic mass is 9.82. The summed E-state index contributed by atoms with van der Waals surface area (Å²) in [5.74, 6) is 2.01. The standard InChI is InChI=1S/C22H34N4O3S/c1-3-23-22(24-12-9-21(27)25-19-11-14-30(28,29)16-19)26-13-10-20(17(2)15-26)18-7-5-4-6-8-18/h4-8,17,19-20H,3,9-16H2,1-2H3,(H,23,24)(H,25,27). The normalized spacial score (nSPS) is 26.4. The molecule has 2 aliphatic rings. The van der Waals surface area contributed by atoms with Crippen molar-refractivity contribution >= 4 is 21.7 Å². The van der Waals surface area contributed by atoms with Gasteiger partial charge in [0.2, 0.25) is 5.91 Å². The minimum Gasteiger partial charge on any atom is -0.357 e. The molecule has 1 amide bonds. The Bertz CT molecular complexity index is 841. The Morgan fingerprint density at radius 3 is 2.63 bits per heavy atom. The van der Waals surface area contributed by atoms with Crippen molar-refractivity contribution in [3.8, 4) is 0 Å². The maximum atomic E-state index is 12.2. The van der Waals surface area contributed by atoms with Crippen LogP contribution < -0.4 is 10.6 Å². The molecule has 0 spiro atoms. The van der Waals surface area contributed by atoms with Crippen LogP contribution in [0.3, 0.4) is 0 Å². The molecule has 0 saturated carbocycles. The van der Waals surface area contributed by atoms with Crippen molar-refractivity contribution in [2.45, 2.75) is 45.1 Å². The van der Waals surface area contributed by atoms with E-state index in [-0.39, 0.29) is 29.9 Å². The van der Waals surface area contributed by atoms with Gasteiger partial charge in [0.15, 0.2) is 15.8 Å². The number of aliphatic imine (C=N–C) groups is 1. The summed E-state index contributed by atoms with van der Waals surface area (Å²) < 4.78 is 23.1. The molecule has 166 valence electrons. The first-order valence-electron chi connectivity index (χ1n) is 11.0. The highest BCUT2D eigenvalue weighted by Gasteiger charge is 2.30. The largest absolute Gasteiger partial charge is 0.357 e. The fraction of sp³-hybridized carbons (Fsp3) is 0.636. The molecule has 2 fully saturated rings. The van der Waals surface area contributed by atoms with Crippen molar-refractivity contribution in [3.63, 3.8) is 0 Å². The number of nitrogens with zero attached hydrogens (tertiary/aromatic N) is 2. The Morgan fingerprint density at radius 2 is 2.00 bits per heavy atom. The minimum atomic E-state index is -2.99. The van der Waals surface area contributed by atoms with Crippen LogP contribution in [0.1, 0.15) is 44.6 Å². The number of likely N-dealkylation sites (tertiary alicyclic amines) is 1. The van der Waals surface area contributed by atoms with Gasteiger partial charge in [0.05, 0.1) is 18.1 Å². The first-order valence-corrected chi connectivity index (χ1v) is 12.8. The van der Waals surface area contributed by atoms with Crippen molar-refractivity contribution in [2.75, 3.05) is 37.7 Å². The van der Waals surface area contributed by atoms with Gasteiger partial charge in [-0.25, -0.2) is 8.42 Å². The van der Waals surface area contributed by atoms with Gasteiger partial charge < -0.3 is 15.5 Å². The second-order valence-corrected chi connectivity index (χ2v) is 10.6. The third-order valence-electron chi connectivity index (χ3n) is 5.97. The number of nitrogens with one attached hydrogen (secondary N) is 2. The number of benzene rings is 1. The van der Waals surface area contributed by atoms with E-state index in [0.717, 1.165) is 32.0 Å². The molecule has 2 heterocycles. The summed E-state index contributed by atoms with van der Waals surface area (Å²) in [7, 11) is -2.99. The zero-order valence-corrected chi connectivity index (χ0v) is 18.8. The van der Waals surface area contributed by atoms with Crippen molar-refractivity contribution < 1.29 is 13.2 Å². The predicted molar refractivity (Wildman–Crippen MR) is 120 cm³/mol. The van der Waals surface area contributed by atoms with Crippen LogP contribution >= 0.6 is 0 Å².